The highest BCUT2D eigenvalue weighted by Gasteiger charge is 2.19. The number of aromatic nitrogens is 1. The number of hydrogen-bond acceptors (Lipinski definition) is 6. The summed E-state index contributed by atoms with van der Waals surface area (Å²) in [6.45, 7) is 5.12. The first-order valence-electron chi connectivity index (χ1n) is 9.75. The third-order valence-electron chi connectivity index (χ3n) is 4.92. The van der Waals surface area contributed by atoms with Gasteiger partial charge in [-0.2, -0.15) is 0 Å². The lowest BCUT2D eigenvalue weighted by atomic mass is 10.3. The van der Waals surface area contributed by atoms with Gasteiger partial charge >= 0.3 is 0 Å². The van der Waals surface area contributed by atoms with Gasteiger partial charge in [-0.1, -0.05) is 34.5 Å². The second-order valence-corrected chi connectivity index (χ2v) is 8.91. The van der Waals surface area contributed by atoms with E-state index in [-0.39, 0.29) is 12.5 Å². The first-order chi connectivity index (χ1) is 14.6. The molecule has 1 aliphatic heterocycles. The second kappa shape index (κ2) is 9.83. The highest BCUT2D eigenvalue weighted by molar-refractivity contribution is 7.22. The molecule has 0 unspecified atom stereocenters. The molecule has 2 aromatic carbocycles. The van der Waals surface area contributed by atoms with Crippen molar-refractivity contribution >= 4 is 55.8 Å². The number of piperazine rings is 1. The number of rotatable bonds is 7. The summed E-state index contributed by atoms with van der Waals surface area (Å²) in [6, 6.07) is 12.8. The number of carbonyl (C=O) groups excluding carboxylic acids is 1. The number of nitrogens with zero attached hydrogens (tertiary/aromatic N) is 3. The fourth-order valence-electron chi connectivity index (χ4n) is 3.27. The van der Waals surface area contributed by atoms with Gasteiger partial charge < -0.3 is 15.0 Å². The minimum Gasteiger partial charge on any atom is -0.484 e. The maximum absolute atomic E-state index is 12.0. The van der Waals surface area contributed by atoms with Crippen LogP contribution in [0.4, 0.5) is 5.13 Å². The fraction of sp³-hybridized carbons (Fsp3) is 0.333. The molecule has 1 fully saturated rings. The Morgan fingerprint density at radius 2 is 1.80 bits per heavy atom. The quantitative estimate of drug-likeness (QED) is 0.573. The lowest BCUT2D eigenvalue weighted by molar-refractivity contribution is -0.123. The number of ether oxygens (including phenoxy) is 1. The van der Waals surface area contributed by atoms with Crippen molar-refractivity contribution < 1.29 is 9.53 Å². The van der Waals surface area contributed by atoms with Crippen LogP contribution in [-0.2, 0) is 4.79 Å². The number of thiazole rings is 1. The summed E-state index contributed by atoms with van der Waals surface area (Å²) in [5.74, 6) is 0.500. The van der Waals surface area contributed by atoms with Gasteiger partial charge in [0.15, 0.2) is 11.7 Å². The molecule has 1 aromatic heterocycles. The summed E-state index contributed by atoms with van der Waals surface area (Å²) in [5, 5.41) is 5.33. The normalized spacial score (nSPS) is 14.8. The third kappa shape index (κ3) is 5.55. The first-order valence-corrected chi connectivity index (χ1v) is 11.3. The van der Waals surface area contributed by atoms with Crippen molar-refractivity contribution in [1.29, 1.82) is 0 Å². The van der Waals surface area contributed by atoms with Gasteiger partial charge in [-0.3, -0.25) is 9.69 Å². The van der Waals surface area contributed by atoms with Crippen molar-refractivity contribution in [1.82, 2.24) is 15.2 Å². The van der Waals surface area contributed by atoms with Crippen LogP contribution in [0.1, 0.15) is 0 Å². The Bertz CT molecular complexity index is 1000. The molecular formula is C21H22Cl2N4O2S. The van der Waals surface area contributed by atoms with Gasteiger partial charge in [0, 0.05) is 49.3 Å². The molecule has 0 saturated carbocycles. The molecule has 1 amide bonds. The molecule has 2 heterocycles. The fourth-order valence-corrected chi connectivity index (χ4v) is 4.69. The molecule has 158 valence electrons. The van der Waals surface area contributed by atoms with E-state index in [1.165, 1.54) is 0 Å². The molecule has 0 atom stereocenters. The second-order valence-electron chi connectivity index (χ2n) is 7.03. The van der Waals surface area contributed by atoms with Crippen LogP contribution in [0.5, 0.6) is 5.75 Å². The van der Waals surface area contributed by atoms with E-state index in [2.05, 4.69) is 15.1 Å². The van der Waals surface area contributed by atoms with Gasteiger partial charge in [0.1, 0.15) is 5.75 Å². The Morgan fingerprint density at radius 1 is 1.07 bits per heavy atom. The van der Waals surface area contributed by atoms with Crippen molar-refractivity contribution in [3.05, 3.63) is 52.5 Å². The molecular weight excluding hydrogens is 443 g/mol. The predicted octanol–water partition coefficient (Wildman–Crippen LogP) is 3.92. The van der Waals surface area contributed by atoms with E-state index in [1.54, 1.807) is 35.6 Å². The molecule has 6 nitrogen and oxygen atoms in total. The zero-order valence-corrected chi connectivity index (χ0v) is 18.6. The monoisotopic (exact) mass is 464 g/mol. The zero-order chi connectivity index (χ0) is 20.9. The van der Waals surface area contributed by atoms with E-state index >= 15 is 0 Å². The van der Waals surface area contributed by atoms with E-state index < -0.39 is 0 Å². The van der Waals surface area contributed by atoms with E-state index in [9.17, 15) is 4.79 Å². The van der Waals surface area contributed by atoms with Gasteiger partial charge in [0.05, 0.1) is 10.2 Å². The smallest absolute Gasteiger partial charge is 0.257 e. The van der Waals surface area contributed by atoms with Crippen LogP contribution < -0.4 is 15.0 Å². The van der Waals surface area contributed by atoms with Gasteiger partial charge in [-0.25, -0.2) is 4.98 Å². The summed E-state index contributed by atoms with van der Waals surface area (Å²) in [6.07, 6.45) is 0. The van der Waals surface area contributed by atoms with Crippen LogP contribution in [0, 0.1) is 0 Å². The highest BCUT2D eigenvalue weighted by Crippen LogP contribution is 2.31. The van der Waals surface area contributed by atoms with E-state index in [1.807, 2.05) is 18.2 Å². The maximum Gasteiger partial charge on any atom is 0.257 e. The Hall–Kier alpha value is -2.06. The Morgan fingerprint density at radius 3 is 2.57 bits per heavy atom. The SMILES string of the molecule is O=C(COc1ccc(Cl)cc1)NCCN1CCN(c2nc3ccc(Cl)cc3s2)CC1. The Balaban J connectivity index is 1.16. The molecule has 30 heavy (non-hydrogen) atoms. The number of benzene rings is 2. The number of fused-ring (bicyclic) bond motifs is 1. The minimum absolute atomic E-state index is 0.00294. The van der Waals surface area contributed by atoms with Crippen molar-refractivity contribution in [3.8, 4) is 5.75 Å². The molecule has 3 aromatic rings. The first kappa shape index (κ1) is 21.2. The summed E-state index contributed by atoms with van der Waals surface area (Å²) in [5.41, 5.74) is 0.991. The number of anilines is 1. The molecule has 0 radical (unpaired) electrons. The minimum atomic E-state index is -0.128. The molecule has 1 N–H and O–H groups in total. The number of hydrogen-bond donors (Lipinski definition) is 1. The molecule has 9 heteroatoms. The zero-order valence-electron chi connectivity index (χ0n) is 16.3. The summed E-state index contributed by atoms with van der Waals surface area (Å²) >= 11 is 13.6. The summed E-state index contributed by atoms with van der Waals surface area (Å²) < 4.78 is 6.57. The number of carbonyl (C=O) groups is 1. The molecule has 0 bridgehead atoms. The van der Waals surface area contributed by atoms with E-state index in [0.717, 1.165) is 53.1 Å². The standard InChI is InChI=1S/C21H22Cl2N4O2S/c22-15-1-4-17(5-2-15)29-14-20(28)24-7-8-26-9-11-27(12-10-26)21-25-18-6-3-16(23)13-19(18)30-21/h1-6,13H,7-12,14H2,(H,24,28). The molecule has 1 saturated heterocycles. The third-order valence-corrected chi connectivity index (χ3v) is 6.48. The van der Waals surface area contributed by atoms with Crippen molar-refractivity contribution in [2.75, 3.05) is 50.8 Å². The number of amides is 1. The van der Waals surface area contributed by atoms with Crippen molar-refractivity contribution in [2.24, 2.45) is 0 Å². The highest BCUT2D eigenvalue weighted by atomic mass is 35.5. The topological polar surface area (TPSA) is 57.7 Å². The lowest BCUT2D eigenvalue weighted by Crippen LogP contribution is -2.48. The average Bonchev–Trinajstić information content (AvgIpc) is 3.17. The summed E-state index contributed by atoms with van der Waals surface area (Å²) in [4.78, 5) is 21.4. The summed E-state index contributed by atoms with van der Waals surface area (Å²) in [7, 11) is 0. The van der Waals surface area contributed by atoms with Crippen LogP contribution in [0.3, 0.4) is 0 Å². The maximum atomic E-state index is 12.0. The lowest BCUT2D eigenvalue weighted by Gasteiger charge is -2.34. The number of nitrogens with one attached hydrogen (secondary N) is 1. The van der Waals surface area contributed by atoms with E-state index in [4.69, 9.17) is 32.9 Å². The van der Waals surface area contributed by atoms with Crippen LogP contribution >= 0.6 is 34.5 Å². The molecule has 0 spiro atoms. The Labute approximate surface area is 189 Å². The number of halogens is 2. The predicted molar refractivity (Wildman–Crippen MR) is 123 cm³/mol. The van der Waals surface area contributed by atoms with Crippen LogP contribution in [0.15, 0.2) is 42.5 Å². The molecule has 4 rings (SSSR count). The molecule has 1 aliphatic rings. The largest absolute Gasteiger partial charge is 0.484 e. The van der Waals surface area contributed by atoms with Crippen LogP contribution in [-0.4, -0.2) is 61.7 Å². The van der Waals surface area contributed by atoms with Crippen LogP contribution in [0.25, 0.3) is 10.2 Å². The van der Waals surface area contributed by atoms with Gasteiger partial charge in [-0.05, 0) is 42.5 Å². The molecule has 0 aliphatic carbocycles. The average molecular weight is 465 g/mol. The van der Waals surface area contributed by atoms with E-state index in [0.29, 0.717) is 17.3 Å². The van der Waals surface area contributed by atoms with Crippen LogP contribution in [0.2, 0.25) is 10.0 Å². The Kier molecular flexibility index (Phi) is 6.94. The van der Waals surface area contributed by atoms with Gasteiger partial charge in [0.2, 0.25) is 0 Å². The van der Waals surface area contributed by atoms with Crippen molar-refractivity contribution in [2.45, 2.75) is 0 Å². The van der Waals surface area contributed by atoms with Gasteiger partial charge in [0.25, 0.3) is 5.91 Å². The van der Waals surface area contributed by atoms with Crippen molar-refractivity contribution in [3.63, 3.8) is 0 Å². The van der Waals surface area contributed by atoms with Gasteiger partial charge in [-0.15, -0.1) is 0 Å².